The highest BCUT2D eigenvalue weighted by molar-refractivity contribution is 6.05. The second-order valence-corrected chi connectivity index (χ2v) is 5.71. The fraction of sp³-hybridized carbons (Fsp3) is 0.105. The summed E-state index contributed by atoms with van der Waals surface area (Å²) < 4.78 is 52.7. The summed E-state index contributed by atoms with van der Waals surface area (Å²) in [4.78, 5) is 19.2. The number of aryl methyl sites for hydroxylation is 1. The van der Waals surface area contributed by atoms with Gasteiger partial charge in [-0.05, 0) is 36.2 Å². The predicted molar refractivity (Wildman–Crippen MR) is 91.6 cm³/mol. The quantitative estimate of drug-likeness (QED) is 0.665. The minimum Gasteiger partial charge on any atom is -0.320 e. The van der Waals surface area contributed by atoms with Crippen LogP contribution >= 0.6 is 0 Å². The predicted octanol–water partition coefficient (Wildman–Crippen LogP) is 4.86. The topological polar surface area (TPSA) is 54.9 Å². The standard InChI is InChI=1S/C19H13F4N3O/c1-11-10-12(6-7-14(11)20)13-4-2-3-5-15(13)26-18(27)16-17(19(21,22)23)25-9-8-24-16/h2-10H,1H3,(H,26,27). The van der Waals surface area contributed by atoms with Crippen LogP contribution < -0.4 is 5.32 Å². The van der Waals surface area contributed by atoms with Gasteiger partial charge in [0.05, 0.1) is 0 Å². The van der Waals surface area contributed by atoms with Crippen molar-refractivity contribution in [3.05, 3.63) is 77.6 Å². The minimum absolute atomic E-state index is 0.271. The lowest BCUT2D eigenvalue weighted by molar-refractivity contribution is -0.141. The molecule has 0 atom stereocenters. The van der Waals surface area contributed by atoms with Gasteiger partial charge in [-0.3, -0.25) is 4.79 Å². The van der Waals surface area contributed by atoms with Gasteiger partial charge in [0.25, 0.3) is 5.91 Å². The molecule has 1 aromatic heterocycles. The van der Waals surface area contributed by atoms with Crippen molar-refractivity contribution in [2.24, 2.45) is 0 Å². The first-order chi connectivity index (χ1) is 12.8. The molecule has 0 unspecified atom stereocenters. The molecule has 0 spiro atoms. The number of carbonyl (C=O) groups is 1. The molecule has 0 aliphatic carbocycles. The van der Waals surface area contributed by atoms with E-state index in [4.69, 9.17) is 0 Å². The third-order valence-corrected chi connectivity index (χ3v) is 3.83. The number of rotatable bonds is 3. The van der Waals surface area contributed by atoms with Gasteiger partial charge in [-0.25, -0.2) is 14.4 Å². The molecule has 0 bridgehead atoms. The summed E-state index contributed by atoms with van der Waals surface area (Å²) >= 11 is 0. The normalized spacial score (nSPS) is 11.3. The number of para-hydroxylation sites is 1. The van der Waals surface area contributed by atoms with Crippen molar-refractivity contribution in [2.75, 3.05) is 5.32 Å². The molecule has 138 valence electrons. The number of nitrogens with one attached hydrogen (secondary N) is 1. The van der Waals surface area contributed by atoms with Crippen molar-refractivity contribution in [3.63, 3.8) is 0 Å². The first-order valence-corrected chi connectivity index (χ1v) is 7.82. The Bertz CT molecular complexity index is 1000. The molecule has 27 heavy (non-hydrogen) atoms. The van der Waals surface area contributed by atoms with Crippen LogP contribution in [0, 0.1) is 12.7 Å². The molecule has 1 amide bonds. The molecule has 0 saturated carbocycles. The summed E-state index contributed by atoms with van der Waals surface area (Å²) in [6.07, 6.45) is -2.93. The maximum atomic E-state index is 13.5. The Balaban J connectivity index is 1.98. The molecule has 4 nitrogen and oxygen atoms in total. The van der Waals surface area contributed by atoms with E-state index in [1.54, 1.807) is 31.2 Å². The SMILES string of the molecule is Cc1cc(-c2ccccc2NC(=O)c2nccnc2C(F)(F)F)ccc1F. The van der Waals surface area contributed by atoms with Gasteiger partial charge in [-0.2, -0.15) is 13.2 Å². The van der Waals surface area contributed by atoms with E-state index in [2.05, 4.69) is 15.3 Å². The second kappa shape index (κ2) is 7.14. The fourth-order valence-corrected chi connectivity index (χ4v) is 2.55. The average Bonchev–Trinajstić information content (AvgIpc) is 2.64. The third kappa shape index (κ3) is 3.94. The van der Waals surface area contributed by atoms with Crippen LogP contribution in [0.2, 0.25) is 0 Å². The molecular weight excluding hydrogens is 362 g/mol. The van der Waals surface area contributed by atoms with Gasteiger partial charge in [-0.1, -0.05) is 24.3 Å². The number of anilines is 1. The van der Waals surface area contributed by atoms with Crippen molar-refractivity contribution in [1.29, 1.82) is 0 Å². The Morgan fingerprint density at radius 2 is 1.74 bits per heavy atom. The van der Waals surface area contributed by atoms with E-state index >= 15 is 0 Å². The smallest absolute Gasteiger partial charge is 0.320 e. The molecule has 3 rings (SSSR count). The van der Waals surface area contributed by atoms with Crippen LogP contribution in [0.15, 0.2) is 54.9 Å². The van der Waals surface area contributed by atoms with Crippen LogP contribution in [0.4, 0.5) is 23.2 Å². The van der Waals surface area contributed by atoms with Crippen molar-refractivity contribution < 1.29 is 22.4 Å². The second-order valence-electron chi connectivity index (χ2n) is 5.71. The number of hydrogen-bond acceptors (Lipinski definition) is 3. The molecule has 2 aromatic carbocycles. The number of alkyl halides is 3. The summed E-state index contributed by atoms with van der Waals surface area (Å²) in [7, 11) is 0. The van der Waals surface area contributed by atoms with Gasteiger partial charge in [-0.15, -0.1) is 0 Å². The van der Waals surface area contributed by atoms with Gasteiger partial charge in [0.15, 0.2) is 11.4 Å². The van der Waals surface area contributed by atoms with Crippen LogP contribution in [0.25, 0.3) is 11.1 Å². The summed E-state index contributed by atoms with van der Waals surface area (Å²) in [5, 5.41) is 2.44. The van der Waals surface area contributed by atoms with E-state index in [1.807, 2.05) is 0 Å². The number of benzene rings is 2. The van der Waals surface area contributed by atoms with Gasteiger partial charge in [0.1, 0.15) is 5.82 Å². The molecule has 0 fully saturated rings. The van der Waals surface area contributed by atoms with Gasteiger partial charge in [0.2, 0.25) is 0 Å². The van der Waals surface area contributed by atoms with E-state index < -0.39 is 23.5 Å². The third-order valence-electron chi connectivity index (χ3n) is 3.83. The van der Waals surface area contributed by atoms with Crippen LogP contribution in [0.1, 0.15) is 21.7 Å². The molecule has 1 heterocycles. The Labute approximate surface area is 151 Å². The molecule has 8 heteroatoms. The number of carbonyl (C=O) groups excluding carboxylic acids is 1. The molecule has 0 aliphatic heterocycles. The molecule has 0 radical (unpaired) electrons. The van der Waals surface area contributed by atoms with Crippen molar-refractivity contribution in [3.8, 4) is 11.1 Å². The summed E-state index contributed by atoms with van der Waals surface area (Å²) in [6.45, 7) is 1.59. The Morgan fingerprint density at radius 3 is 2.44 bits per heavy atom. The Kier molecular flexibility index (Phi) is 4.89. The van der Waals surface area contributed by atoms with Gasteiger partial charge in [0, 0.05) is 23.6 Å². The number of hydrogen-bond donors (Lipinski definition) is 1. The molecule has 0 aliphatic rings. The number of aromatic nitrogens is 2. The lowest BCUT2D eigenvalue weighted by Gasteiger charge is -2.14. The number of nitrogens with zero attached hydrogens (tertiary/aromatic N) is 2. The first kappa shape index (κ1) is 18.5. The van der Waals surface area contributed by atoms with Crippen LogP contribution in [-0.4, -0.2) is 15.9 Å². The maximum absolute atomic E-state index is 13.5. The Hall–Kier alpha value is -3.29. The zero-order valence-corrected chi connectivity index (χ0v) is 14.0. The number of halogens is 4. The molecular formula is C19H13F4N3O. The van der Waals surface area contributed by atoms with E-state index in [-0.39, 0.29) is 11.5 Å². The highest BCUT2D eigenvalue weighted by Crippen LogP contribution is 2.32. The monoisotopic (exact) mass is 375 g/mol. The molecule has 0 saturated heterocycles. The van der Waals surface area contributed by atoms with E-state index in [9.17, 15) is 22.4 Å². The summed E-state index contributed by atoms with van der Waals surface area (Å²) in [5.41, 5.74) is -0.367. The van der Waals surface area contributed by atoms with Crippen molar-refractivity contribution in [1.82, 2.24) is 9.97 Å². The van der Waals surface area contributed by atoms with Crippen LogP contribution in [0.3, 0.4) is 0 Å². The van der Waals surface area contributed by atoms with E-state index in [0.29, 0.717) is 16.7 Å². The number of amides is 1. The molecule has 3 aromatic rings. The van der Waals surface area contributed by atoms with Crippen molar-refractivity contribution >= 4 is 11.6 Å². The lowest BCUT2D eigenvalue weighted by Crippen LogP contribution is -2.22. The highest BCUT2D eigenvalue weighted by atomic mass is 19.4. The largest absolute Gasteiger partial charge is 0.435 e. The molecule has 1 N–H and O–H groups in total. The van der Waals surface area contributed by atoms with Crippen LogP contribution in [-0.2, 0) is 6.18 Å². The highest BCUT2D eigenvalue weighted by Gasteiger charge is 2.38. The van der Waals surface area contributed by atoms with E-state index in [1.165, 1.54) is 18.2 Å². The van der Waals surface area contributed by atoms with Crippen molar-refractivity contribution in [2.45, 2.75) is 13.1 Å². The average molecular weight is 375 g/mol. The van der Waals surface area contributed by atoms with Gasteiger partial charge < -0.3 is 5.32 Å². The first-order valence-electron chi connectivity index (χ1n) is 7.82. The summed E-state index contributed by atoms with van der Waals surface area (Å²) in [6, 6.07) is 10.9. The minimum atomic E-state index is -4.81. The summed E-state index contributed by atoms with van der Waals surface area (Å²) in [5.74, 6) is -1.42. The zero-order chi connectivity index (χ0) is 19.6. The maximum Gasteiger partial charge on any atom is 0.435 e. The lowest BCUT2D eigenvalue weighted by atomic mass is 10.0. The van der Waals surface area contributed by atoms with Gasteiger partial charge >= 0.3 is 6.18 Å². The fourth-order valence-electron chi connectivity index (χ4n) is 2.55. The van der Waals surface area contributed by atoms with E-state index in [0.717, 1.165) is 12.4 Å². The zero-order valence-electron chi connectivity index (χ0n) is 14.0. The van der Waals surface area contributed by atoms with Crippen LogP contribution in [0.5, 0.6) is 0 Å². The Morgan fingerprint density at radius 1 is 1.04 bits per heavy atom.